The van der Waals surface area contributed by atoms with Crippen LogP contribution < -0.4 is 10.3 Å². The van der Waals surface area contributed by atoms with Crippen molar-refractivity contribution in [2.45, 2.75) is 6.61 Å². The monoisotopic (exact) mass is 377 g/mol. The van der Waals surface area contributed by atoms with Crippen LogP contribution in [0.25, 0.3) is 5.69 Å². The van der Waals surface area contributed by atoms with Gasteiger partial charge in [0, 0.05) is 5.02 Å². The van der Waals surface area contributed by atoms with Gasteiger partial charge in [-0.2, -0.15) is 0 Å². The molecule has 3 rings (SSSR count). The zero-order valence-electron chi connectivity index (χ0n) is 12.8. The molecular weight excluding hydrogens is 365 g/mol. The van der Waals surface area contributed by atoms with Gasteiger partial charge in [0.2, 0.25) is 0 Å². The first-order valence-corrected chi connectivity index (χ1v) is 8.00. The Balaban J connectivity index is 1.94. The van der Waals surface area contributed by atoms with Gasteiger partial charge in [-0.15, -0.1) is 0 Å². The van der Waals surface area contributed by atoms with Crippen molar-refractivity contribution in [1.82, 2.24) is 9.78 Å². The van der Waals surface area contributed by atoms with Gasteiger partial charge < -0.3 is 9.94 Å². The predicted octanol–water partition coefficient (Wildman–Crippen LogP) is 3.86. The van der Waals surface area contributed by atoms with Crippen molar-refractivity contribution in [3.63, 3.8) is 0 Å². The van der Waals surface area contributed by atoms with Gasteiger partial charge in [-0.3, -0.25) is 9.89 Å². The number of hydrogen-bond acceptors (Lipinski definition) is 4. The van der Waals surface area contributed by atoms with Crippen LogP contribution in [0.5, 0.6) is 5.75 Å². The minimum atomic E-state index is -0.357. The Kier molecular flexibility index (Phi) is 5.11. The minimum Gasteiger partial charge on any atom is -0.486 e. The first-order chi connectivity index (χ1) is 12.1. The quantitative estimate of drug-likeness (QED) is 0.402. The zero-order chi connectivity index (χ0) is 17.8. The fourth-order valence-electron chi connectivity index (χ4n) is 2.30. The van der Waals surface area contributed by atoms with Gasteiger partial charge in [0.1, 0.15) is 12.4 Å². The number of hydrogen-bond donors (Lipinski definition) is 2. The van der Waals surface area contributed by atoms with E-state index in [9.17, 15) is 4.79 Å². The molecule has 0 amide bonds. The summed E-state index contributed by atoms with van der Waals surface area (Å²) in [4.78, 5) is 12.5. The summed E-state index contributed by atoms with van der Waals surface area (Å²) in [6.45, 7) is 0.0256. The molecule has 1 aromatic heterocycles. The molecule has 0 aliphatic heterocycles. The number of para-hydroxylation sites is 1. The lowest BCUT2D eigenvalue weighted by molar-refractivity contribution is 0.300. The minimum absolute atomic E-state index is 0.0256. The Bertz CT molecular complexity index is 965. The zero-order valence-corrected chi connectivity index (χ0v) is 14.3. The van der Waals surface area contributed by atoms with E-state index in [-0.39, 0.29) is 17.7 Å². The Morgan fingerprint density at radius 1 is 1.20 bits per heavy atom. The van der Waals surface area contributed by atoms with Gasteiger partial charge in [0.25, 0.3) is 5.56 Å². The molecule has 0 aliphatic carbocycles. The van der Waals surface area contributed by atoms with E-state index < -0.39 is 0 Å². The van der Waals surface area contributed by atoms with Gasteiger partial charge in [-0.1, -0.05) is 46.6 Å². The highest BCUT2D eigenvalue weighted by atomic mass is 35.5. The molecule has 6 nitrogen and oxygen atoms in total. The largest absolute Gasteiger partial charge is 0.486 e. The van der Waals surface area contributed by atoms with E-state index in [1.54, 1.807) is 30.3 Å². The van der Waals surface area contributed by atoms with Crippen molar-refractivity contribution in [2.24, 2.45) is 5.16 Å². The number of ether oxygens (including phenoxy) is 1. The van der Waals surface area contributed by atoms with Gasteiger partial charge in [0.15, 0.2) is 0 Å². The fraction of sp³-hybridized carbons (Fsp3) is 0.0588. The molecule has 25 heavy (non-hydrogen) atoms. The summed E-state index contributed by atoms with van der Waals surface area (Å²) >= 11 is 11.9. The molecule has 0 atom stereocenters. The summed E-state index contributed by atoms with van der Waals surface area (Å²) < 4.78 is 7.00. The highest BCUT2D eigenvalue weighted by Gasteiger charge is 2.15. The Morgan fingerprint density at radius 3 is 2.64 bits per heavy atom. The SMILES string of the molecule is O=c1c(/C=N/O)c(COc2ccc(Cl)cc2Cl)[nH]n1-c1ccccc1. The molecule has 0 saturated heterocycles. The normalized spacial score (nSPS) is 11.1. The maximum absolute atomic E-state index is 12.5. The first-order valence-electron chi connectivity index (χ1n) is 7.24. The molecule has 0 aliphatic rings. The highest BCUT2D eigenvalue weighted by molar-refractivity contribution is 6.35. The lowest BCUT2D eigenvalue weighted by Crippen LogP contribution is -2.17. The molecule has 0 unspecified atom stereocenters. The second-order valence-corrected chi connectivity index (χ2v) is 5.93. The second-order valence-electron chi connectivity index (χ2n) is 5.09. The van der Waals surface area contributed by atoms with E-state index >= 15 is 0 Å². The number of nitrogens with zero attached hydrogens (tertiary/aromatic N) is 2. The van der Waals surface area contributed by atoms with E-state index in [0.29, 0.717) is 27.2 Å². The first kappa shape index (κ1) is 17.1. The number of nitrogens with one attached hydrogen (secondary N) is 1. The molecule has 128 valence electrons. The second kappa shape index (κ2) is 7.46. The Labute approximate surface area is 152 Å². The maximum atomic E-state index is 12.5. The van der Waals surface area contributed by atoms with Crippen molar-refractivity contribution < 1.29 is 9.94 Å². The molecule has 0 saturated carbocycles. The number of rotatable bonds is 5. The van der Waals surface area contributed by atoms with Crippen LogP contribution in [-0.4, -0.2) is 21.2 Å². The molecule has 2 N–H and O–H groups in total. The summed E-state index contributed by atoms with van der Waals surface area (Å²) in [5.74, 6) is 0.422. The van der Waals surface area contributed by atoms with E-state index in [4.69, 9.17) is 33.1 Å². The lowest BCUT2D eigenvalue weighted by Gasteiger charge is -2.07. The summed E-state index contributed by atoms with van der Waals surface area (Å²) in [6, 6.07) is 13.9. The standard InChI is InChI=1S/C17H13Cl2N3O3/c18-11-6-7-16(14(19)8-11)25-10-15-13(9-20-24)17(23)22(21-15)12-4-2-1-3-5-12/h1-9,21,24H,10H2/b20-9+. The van der Waals surface area contributed by atoms with Crippen LogP contribution >= 0.6 is 23.2 Å². The number of aromatic nitrogens is 2. The summed E-state index contributed by atoms with van der Waals surface area (Å²) in [5.41, 5.74) is 0.926. The Morgan fingerprint density at radius 2 is 1.96 bits per heavy atom. The smallest absolute Gasteiger partial charge is 0.280 e. The third kappa shape index (κ3) is 3.70. The molecule has 1 heterocycles. The highest BCUT2D eigenvalue weighted by Crippen LogP contribution is 2.28. The fourth-order valence-corrected chi connectivity index (χ4v) is 2.76. The van der Waals surface area contributed by atoms with Crippen molar-refractivity contribution in [3.8, 4) is 11.4 Å². The molecule has 0 spiro atoms. The summed E-state index contributed by atoms with van der Waals surface area (Å²) in [5, 5.41) is 15.6. The molecule has 8 heteroatoms. The molecule has 0 bridgehead atoms. The molecule has 0 fully saturated rings. The van der Waals surface area contributed by atoms with Crippen molar-refractivity contribution >= 4 is 29.4 Å². The van der Waals surface area contributed by atoms with Crippen LogP contribution in [0, 0.1) is 0 Å². The number of H-pyrrole nitrogens is 1. The summed E-state index contributed by atoms with van der Waals surface area (Å²) in [6.07, 6.45) is 1.07. The van der Waals surface area contributed by atoms with Crippen LogP contribution in [0.4, 0.5) is 0 Å². The van der Waals surface area contributed by atoms with Crippen LogP contribution in [-0.2, 0) is 6.61 Å². The molecule has 0 radical (unpaired) electrons. The van der Waals surface area contributed by atoms with Crippen molar-refractivity contribution in [2.75, 3.05) is 0 Å². The summed E-state index contributed by atoms with van der Waals surface area (Å²) in [7, 11) is 0. The third-order valence-corrected chi connectivity index (χ3v) is 4.00. The molecule has 2 aromatic carbocycles. The van der Waals surface area contributed by atoms with Crippen LogP contribution in [0.3, 0.4) is 0 Å². The van der Waals surface area contributed by atoms with E-state index in [1.165, 1.54) is 4.68 Å². The van der Waals surface area contributed by atoms with Gasteiger partial charge in [0.05, 0.1) is 28.2 Å². The maximum Gasteiger partial charge on any atom is 0.280 e. The molecule has 3 aromatic rings. The predicted molar refractivity (Wildman–Crippen MR) is 96.6 cm³/mol. The van der Waals surface area contributed by atoms with Crippen LogP contribution in [0.15, 0.2) is 58.5 Å². The van der Waals surface area contributed by atoms with Crippen LogP contribution in [0.2, 0.25) is 10.0 Å². The van der Waals surface area contributed by atoms with Crippen molar-refractivity contribution in [3.05, 3.63) is 80.2 Å². The average molecular weight is 378 g/mol. The third-order valence-electron chi connectivity index (χ3n) is 3.47. The van der Waals surface area contributed by atoms with Gasteiger partial charge in [-0.05, 0) is 30.3 Å². The Hall–Kier alpha value is -2.70. The number of oxime groups is 1. The molecular formula is C17H13Cl2N3O3. The number of halogens is 2. The van der Waals surface area contributed by atoms with Crippen LogP contribution in [0.1, 0.15) is 11.3 Å². The lowest BCUT2D eigenvalue weighted by atomic mass is 10.2. The van der Waals surface area contributed by atoms with E-state index in [1.807, 2.05) is 18.2 Å². The number of aromatic amines is 1. The topological polar surface area (TPSA) is 79.6 Å². The average Bonchev–Trinajstić information content (AvgIpc) is 2.92. The van der Waals surface area contributed by atoms with E-state index in [0.717, 1.165) is 6.21 Å². The van der Waals surface area contributed by atoms with Gasteiger partial charge in [-0.25, -0.2) is 4.68 Å². The van der Waals surface area contributed by atoms with Crippen molar-refractivity contribution in [1.29, 1.82) is 0 Å². The number of benzene rings is 2. The van der Waals surface area contributed by atoms with Gasteiger partial charge >= 0.3 is 0 Å². The van der Waals surface area contributed by atoms with E-state index in [2.05, 4.69) is 10.3 Å².